The van der Waals surface area contributed by atoms with Crippen molar-refractivity contribution in [2.45, 2.75) is 26.7 Å². The van der Waals surface area contributed by atoms with Crippen molar-refractivity contribution in [1.29, 1.82) is 0 Å². The van der Waals surface area contributed by atoms with E-state index in [0.717, 1.165) is 23.4 Å². The van der Waals surface area contributed by atoms with Crippen molar-refractivity contribution < 1.29 is 4.79 Å². The number of nitrogens with one attached hydrogen (secondary N) is 1. The normalized spacial score (nSPS) is 10.4. The molecule has 1 N–H and O–H groups in total. The van der Waals surface area contributed by atoms with Gasteiger partial charge in [0.2, 0.25) is 0 Å². The molecule has 4 heteroatoms. The van der Waals surface area contributed by atoms with Crippen molar-refractivity contribution in [3.8, 4) is 0 Å². The predicted molar refractivity (Wildman–Crippen MR) is 78.7 cm³/mol. The minimum atomic E-state index is 0.0173. The molecule has 1 amide bonds. The molecule has 19 heavy (non-hydrogen) atoms. The number of aromatic nitrogens is 1. The highest BCUT2D eigenvalue weighted by atomic mass is 32.1. The van der Waals surface area contributed by atoms with Crippen LogP contribution in [0.15, 0.2) is 30.5 Å². The average Bonchev–Trinajstić information content (AvgIpc) is 2.81. The van der Waals surface area contributed by atoms with Gasteiger partial charge in [-0.05, 0) is 37.1 Å². The molecule has 0 radical (unpaired) electrons. The van der Waals surface area contributed by atoms with E-state index in [4.69, 9.17) is 0 Å². The highest BCUT2D eigenvalue weighted by Crippen LogP contribution is 2.21. The zero-order chi connectivity index (χ0) is 13.7. The monoisotopic (exact) mass is 274 g/mol. The van der Waals surface area contributed by atoms with Gasteiger partial charge in [0.1, 0.15) is 0 Å². The van der Waals surface area contributed by atoms with E-state index in [0.29, 0.717) is 6.54 Å². The number of rotatable bonds is 5. The van der Waals surface area contributed by atoms with Gasteiger partial charge < -0.3 is 5.32 Å². The topological polar surface area (TPSA) is 42.0 Å². The van der Waals surface area contributed by atoms with Crippen molar-refractivity contribution in [1.82, 2.24) is 10.3 Å². The molecule has 0 saturated heterocycles. The molecule has 0 aliphatic heterocycles. The first-order valence-corrected chi connectivity index (χ1v) is 7.29. The van der Waals surface area contributed by atoms with E-state index in [9.17, 15) is 4.79 Å². The number of hydrogen-bond donors (Lipinski definition) is 1. The number of thiophene rings is 1. The summed E-state index contributed by atoms with van der Waals surface area (Å²) in [7, 11) is 0. The van der Waals surface area contributed by atoms with Gasteiger partial charge in [-0.15, -0.1) is 11.3 Å². The molecule has 2 rings (SSSR count). The number of pyridine rings is 1. The van der Waals surface area contributed by atoms with Gasteiger partial charge in [0.25, 0.3) is 5.91 Å². The lowest BCUT2D eigenvalue weighted by molar-refractivity contribution is 0.0958. The lowest BCUT2D eigenvalue weighted by atomic mass is 10.2. The Labute approximate surface area is 117 Å². The summed E-state index contributed by atoms with van der Waals surface area (Å²) in [4.78, 5) is 18.3. The third-order valence-corrected chi connectivity index (χ3v) is 4.11. The van der Waals surface area contributed by atoms with Crippen LogP contribution in [0.1, 0.15) is 32.7 Å². The molecular weight excluding hydrogens is 256 g/mol. The number of carbonyl (C=O) groups is 1. The van der Waals surface area contributed by atoms with Crippen LogP contribution in [0.2, 0.25) is 0 Å². The average molecular weight is 274 g/mol. The molecule has 2 aromatic heterocycles. The minimum Gasteiger partial charge on any atom is -0.351 e. The van der Waals surface area contributed by atoms with Crippen molar-refractivity contribution >= 4 is 17.2 Å². The van der Waals surface area contributed by atoms with Crippen molar-refractivity contribution in [3.63, 3.8) is 0 Å². The number of aryl methyl sites for hydroxylation is 2. The molecule has 0 unspecified atom stereocenters. The molecule has 0 aromatic carbocycles. The first kappa shape index (κ1) is 13.7. The molecule has 3 nitrogen and oxygen atoms in total. The van der Waals surface area contributed by atoms with E-state index in [1.54, 1.807) is 17.5 Å². The lowest BCUT2D eigenvalue weighted by Crippen LogP contribution is -2.25. The molecule has 0 saturated carbocycles. The van der Waals surface area contributed by atoms with Crippen LogP contribution in [-0.2, 0) is 12.8 Å². The summed E-state index contributed by atoms with van der Waals surface area (Å²) in [6.45, 7) is 4.79. The molecule has 0 bridgehead atoms. The third kappa shape index (κ3) is 3.64. The predicted octanol–water partition coefficient (Wildman–Crippen LogP) is 2.99. The SMILES string of the molecule is CCc1cc(C(=O)NCCc2ccccn2)sc1C. The number of carbonyl (C=O) groups excluding carboxylic acids is 1. The maximum absolute atomic E-state index is 12.0. The maximum Gasteiger partial charge on any atom is 0.261 e. The fraction of sp³-hybridized carbons (Fsp3) is 0.333. The van der Waals surface area contributed by atoms with E-state index >= 15 is 0 Å². The molecule has 0 spiro atoms. The van der Waals surface area contributed by atoms with E-state index in [1.165, 1.54) is 10.4 Å². The fourth-order valence-corrected chi connectivity index (χ4v) is 2.95. The number of hydrogen-bond acceptors (Lipinski definition) is 3. The van der Waals surface area contributed by atoms with Gasteiger partial charge in [0.15, 0.2) is 0 Å². The van der Waals surface area contributed by atoms with Gasteiger partial charge in [-0.25, -0.2) is 0 Å². The van der Waals surface area contributed by atoms with Crippen LogP contribution in [0, 0.1) is 6.92 Å². The van der Waals surface area contributed by atoms with Crippen LogP contribution in [-0.4, -0.2) is 17.4 Å². The Balaban J connectivity index is 1.87. The van der Waals surface area contributed by atoms with Crippen molar-refractivity contribution in [3.05, 3.63) is 51.5 Å². The Morgan fingerprint density at radius 1 is 1.42 bits per heavy atom. The highest BCUT2D eigenvalue weighted by Gasteiger charge is 2.10. The molecule has 2 heterocycles. The Kier molecular flexibility index (Phi) is 4.68. The van der Waals surface area contributed by atoms with Gasteiger partial charge in [-0.3, -0.25) is 9.78 Å². The summed E-state index contributed by atoms with van der Waals surface area (Å²) in [5, 5.41) is 2.94. The minimum absolute atomic E-state index is 0.0173. The Hall–Kier alpha value is -1.68. The van der Waals surface area contributed by atoms with Crippen LogP contribution < -0.4 is 5.32 Å². The maximum atomic E-state index is 12.0. The van der Waals surface area contributed by atoms with E-state index in [1.807, 2.05) is 24.3 Å². The van der Waals surface area contributed by atoms with Crippen molar-refractivity contribution in [2.24, 2.45) is 0 Å². The Bertz CT molecular complexity index is 549. The van der Waals surface area contributed by atoms with Crippen LogP contribution in [0.5, 0.6) is 0 Å². The Morgan fingerprint density at radius 2 is 2.26 bits per heavy atom. The summed E-state index contributed by atoms with van der Waals surface area (Å²) in [6, 6.07) is 7.82. The van der Waals surface area contributed by atoms with E-state index in [2.05, 4.69) is 24.1 Å². The summed E-state index contributed by atoms with van der Waals surface area (Å²) in [6.07, 6.45) is 3.51. The first-order chi connectivity index (χ1) is 9.20. The summed E-state index contributed by atoms with van der Waals surface area (Å²) in [5.41, 5.74) is 2.26. The van der Waals surface area contributed by atoms with Gasteiger partial charge in [-0.2, -0.15) is 0 Å². The fourth-order valence-electron chi connectivity index (χ4n) is 1.92. The number of amides is 1. The van der Waals surface area contributed by atoms with Crippen molar-refractivity contribution in [2.75, 3.05) is 6.54 Å². The largest absolute Gasteiger partial charge is 0.351 e. The van der Waals surface area contributed by atoms with Gasteiger partial charge in [0.05, 0.1) is 4.88 Å². The lowest BCUT2D eigenvalue weighted by Gasteiger charge is -2.02. The summed E-state index contributed by atoms with van der Waals surface area (Å²) >= 11 is 1.57. The smallest absolute Gasteiger partial charge is 0.261 e. The van der Waals surface area contributed by atoms with Gasteiger partial charge >= 0.3 is 0 Å². The number of nitrogens with zero attached hydrogens (tertiary/aromatic N) is 1. The molecule has 0 atom stereocenters. The van der Waals surface area contributed by atoms with Gasteiger partial charge in [0, 0.05) is 29.7 Å². The van der Waals surface area contributed by atoms with Crippen LogP contribution >= 0.6 is 11.3 Å². The van der Waals surface area contributed by atoms with Gasteiger partial charge in [-0.1, -0.05) is 13.0 Å². The molecule has 0 fully saturated rings. The molecule has 100 valence electrons. The summed E-state index contributed by atoms with van der Waals surface area (Å²) in [5.74, 6) is 0.0173. The zero-order valence-electron chi connectivity index (χ0n) is 11.3. The first-order valence-electron chi connectivity index (χ1n) is 6.48. The quantitative estimate of drug-likeness (QED) is 0.910. The molecule has 2 aromatic rings. The van der Waals surface area contributed by atoms with Crippen LogP contribution in [0.25, 0.3) is 0 Å². The zero-order valence-corrected chi connectivity index (χ0v) is 12.1. The molecular formula is C15H18N2OS. The van der Waals surface area contributed by atoms with E-state index < -0.39 is 0 Å². The molecule has 0 aliphatic carbocycles. The highest BCUT2D eigenvalue weighted by molar-refractivity contribution is 7.14. The third-order valence-electron chi connectivity index (χ3n) is 3.02. The standard InChI is InChI=1S/C15H18N2OS/c1-3-12-10-14(19-11(12)2)15(18)17-9-7-13-6-4-5-8-16-13/h4-6,8,10H,3,7,9H2,1-2H3,(H,17,18). The molecule has 0 aliphatic rings. The summed E-state index contributed by atoms with van der Waals surface area (Å²) < 4.78 is 0. The second kappa shape index (κ2) is 6.48. The van der Waals surface area contributed by atoms with E-state index in [-0.39, 0.29) is 5.91 Å². The second-order valence-corrected chi connectivity index (χ2v) is 5.63. The second-order valence-electron chi connectivity index (χ2n) is 4.37. The Morgan fingerprint density at radius 3 is 2.89 bits per heavy atom. The van der Waals surface area contributed by atoms with Crippen LogP contribution in [0.3, 0.4) is 0 Å². The van der Waals surface area contributed by atoms with Crippen LogP contribution in [0.4, 0.5) is 0 Å².